The van der Waals surface area contributed by atoms with Gasteiger partial charge >= 0.3 is 0 Å². The highest BCUT2D eigenvalue weighted by molar-refractivity contribution is 7.17. The smallest absolute Gasteiger partial charge is 0.268 e. The molecule has 0 atom stereocenters. The molecule has 5 rings (SSSR count). The summed E-state index contributed by atoms with van der Waals surface area (Å²) in [5, 5.41) is 6.43. The van der Waals surface area contributed by atoms with E-state index in [0.717, 1.165) is 15.3 Å². The highest BCUT2D eigenvalue weighted by Crippen LogP contribution is 2.33. The van der Waals surface area contributed by atoms with Crippen LogP contribution in [0.5, 0.6) is 0 Å². The van der Waals surface area contributed by atoms with Crippen LogP contribution in [0.25, 0.3) is 32.6 Å². The van der Waals surface area contributed by atoms with E-state index in [0.29, 0.717) is 44.1 Å². The van der Waals surface area contributed by atoms with E-state index in [9.17, 15) is 9.59 Å². The lowest BCUT2D eigenvalue weighted by molar-refractivity contribution is 0.0783. The van der Waals surface area contributed by atoms with Gasteiger partial charge in [0.1, 0.15) is 10.5 Å². The summed E-state index contributed by atoms with van der Waals surface area (Å²) in [6.45, 7) is 6.00. The van der Waals surface area contributed by atoms with Crippen LogP contribution in [0.4, 0.5) is 0 Å². The molecule has 5 heterocycles. The van der Waals surface area contributed by atoms with Gasteiger partial charge in [-0.25, -0.2) is 9.97 Å². The molecular weight excluding hydrogens is 446 g/mol. The van der Waals surface area contributed by atoms with Gasteiger partial charge in [-0.2, -0.15) is 0 Å². The van der Waals surface area contributed by atoms with Crippen LogP contribution in [0.3, 0.4) is 0 Å². The Hall–Kier alpha value is -3.37. The van der Waals surface area contributed by atoms with Crippen LogP contribution < -0.4 is 5.56 Å². The number of amides is 1. The van der Waals surface area contributed by atoms with Crippen LogP contribution in [-0.4, -0.2) is 38.0 Å². The second kappa shape index (κ2) is 7.64. The predicted molar refractivity (Wildman–Crippen MR) is 125 cm³/mol. The monoisotopic (exact) mass is 465 g/mol. The molecule has 0 aliphatic heterocycles. The average molecular weight is 466 g/mol. The minimum Gasteiger partial charge on any atom is -0.335 e. The van der Waals surface area contributed by atoms with Crippen molar-refractivity contribution in [3.05, 3.63) is 60.8 Å². The number of aromatic amines is 1. The fourth-order valence-electron chi connectivity index (χ4n) is 3.79. The van der Waals surface area contributed by atoms with Gasteiger partial charge in [0.2, 0.25) is 0 Å². The van der Waals surface area contributed by atoms with E-state index in [1.54, 1.807) is 37.4 Å². The van der Waals surface area contributed by atoms with E-state index >= 15 is 0 Å². The Morgan fingerprint density at radius 3 is 2.78 bits per heavy atom. The molecule has 1 N–H and O–H groups in total. The number of hydrogen-bond donors (Lipinski definition) is 1. The first-order valence-corrected chi connectivity index (χ1v) is 11.6. The molecule has 0 saturated heterocycles. The number of hydrogen-bond acceptors (Lipinski definition) is 8. The molecule has 0 radical (unpaired) electrons. The van der Waals surface area contributed by atoms with Crippen molar-refractivity contribution in [2.75, 3.05) is 7.05 Å². The summed E-state index contributed by atoms with van der Waals surface area (Å²) in [6, 6.07) is 5.64. The summed E-state index contributed by atoms with van der Waals surface area (Å²) < 4.78 is 5.99. The number of carbonyl (C=O) groups is 1. The van der Waals surface area contributed by atoms with Crippen LogP contribution >= 0.6 is 22.7 Å². The number of rotatable bonds is 4. The fourth-order valence-corrected chi connectivity index (χ4v) is 5.44. The van der Waals surface area contributed by atoms with Crippen LogP contribution in [-0.2, 0) is 6.54 Å². The highest BCUT2D eigenvalue weighted by Gasteiger charge is 2.23. The van der Waals surface area contributed by atoms with Crippen molar-refractivity contribution in [2.45, 2.75) is 27.3 Å². The van der Waals surface area contributed by atoms with E-state index in [1.165, 1.54) is 16.2 Å². The van der Waals surface area contributed by atoms with Gasteiger partial charge < -0.3 is 14.4 Å². The normalized spacial score (nSPS) is 11.5. The van der Waals surface area contributed by atoms with Crippen molar-refractivity contribution < 1.29 is 9.32 Å². The van der Waals surface area contributed by atoms with Crippen LogP contribution in [0.1, 0.15) is 31.6 Å². The Balaban J connectivity index is 1.56. The lowest BCUT2D eigenvalue weighted by Crippen LogP contribution is -2.28. The maximum Gasteiger partial charge on any atom is 0.268 e. The van der Waals surface area contributed by atoms with E-state index in [-0.39, 0.29) is 18.0 Å². The van der Waals surface area contributed by atoms with E-state index in [2.05, 4.69) is 26.2 Å². The number of nitrogens with one attached hydrogen (secondary N) is 1. The van der Waals surface area contributed by atoms with Crippen LogP contribution in [0, 0.1) is 20.8 Å². The Bertz CT molecular complexity index is 1560. The first-order chi connectivity index (χ1) is 15.3. The number of H-pyrrole nitrogens is 1. The number of nitrogens with zero attached hydrogens (tertiary/aromatic N) is 4. The molecule has 0 spiro atoms. The molecule has 5 aromatic heterocycles. The molecule has 162 valence electrons. The van der Waals surface area contributed by atoms with E-state index < -0.39 is 0 Å². The Labute approximate surface area is 190 Å². The van der Waals surface area contributed by atoms with E-state index in [4.69, 9.17) is 4.52 Å². The van der Waals surface area contributed by atoms with Gasteiger partial charge in [0, 0.05) is 22.4 Å². The summed E-state index contributed by atoms with van der Waals surface area (Å²) >= 11 is 3.02. The average Bonchev–Trinajstić information content (AvgIpc) is 3.46. The summed E-state index contributed by atoms with van der Waals surface area (Å²) in [6.07, 6.45) is 0. The predicted octanol–water partition coefficient (Wildman–Crippen LogP) is 4.45. The Morgan fingerprint density at radius 1 is 1.22 bits per heavy atom. The summed E-state index contributed by atoms with van der Waals surface area (Å²) in [7, 11) is 1.68. The molecule has 0 fully saturated rings. The van der Waals surface area contributed by atoms with Crippen molar-refractivity contribution >= 4 is 49.9 Å². The van der Waals surface area contributed by atoms with Crippen molar-refractivity contribution in [1.82, 2.24) is 25.0 Å². The molecule has 8 nitrogen and oxygen atoms in total. The lowest BCUT2D eigenvalue weighted by atomic mass is 10.0. The quantitative estimate of drug-likeness (QED) is 0.420. The molecule has 0 aliphatic carbocycles. The third kappa shape index (κ3) is 3.41. The minimum absolute atomic E-state index is 0.153. The van der Waals surface area contributed by atoms with Crippen molar-refractivity contribution in [3.8, 4) is 11.3 Å². The first-order valence-electron chi connectivity index (χ1n) is 9.88. The number of carbonyl (C=O) groups excluding carboxylic acids is 1. The molecule has 5 aromatic rings. The van der Waals surface area contributed by atoms with Gasteiger partial charge in [-0.05, 0) is 44.4 Å². The fraction of sp³-hybridized carbons (Fsp3) is 0.227. The third-order valence-electron chi connectivity index (χ3n) is 5.26. The van der Waals surface area contributed by atoms with Crippen LogP contribution in [0.15, 0.2) is 32.9 Å². The molecule has 0 unspecified atom stereocenters. The number of thiophene rings is 2. The number of fused-ring (bicyclic) bond motifs is 2. The molecule has 0 aliphatic rings. The van der Waals surface area contributed by atoms with Crippen molar-refractivity contribution in [1.29, 1.82) is 0 Å². The zero-order valence-electron chi connectivity index (χ0n) is 17.8. The molecule has 0 saturated carbocycles. The van der Waals surface area contributed by atoms with Gasteiger partial charge in [-0.3, -0.25) is 9.59 Å². The number of aromatic nitrogens is 4. The molecule has 1 amide bonds. The first kappa shape index (κ1) is 20.5. The highest BCUT2D eigenvalue weighted by atomic mass is 32.1. The Morgan fingerprint density at radius 2 is 2.03 bits per heavy atom. The molecule has 32 heavy (non-hydrogen) atoms. The molecular formula is C22H19N5O3S2. The molecule has 0 aromatic carbocycles. The van der Waals surface area contributed by atoms with Gasteiger partial charge in [0.15, 0.2) is 0 Å². The van der Waals surface area contributed by atoms with Gasteiger partial charge in [-0.1, -0.05) is 5.16 Å². The zero-order valence-corrected chi connectivity index (χ0v) is 19.5. The molecule has 10 heteroatoms. The second-order valence-electron chi connectivity index (χ2n) is 7.64. The minimum atomic E-state index is -0.234. The standard InChI is InChI=1S/C22H19N5O3S2/c1-10-7-13(12(3)32-10)16-8-14(18-11(2)26-30-21(18)24-16)22(29)27(4)9-17-23-15-5-6-31-19(15)20(28)25-17/h5-8H,9H2,1-4H3,(H,23,25,28). The summed E-state index contributed by atoms with van der Waals surface area (Å²) in [4.78, 5) is 41.5. The van der Waals surface area contributed by atoms with Crippen molar-refractivity contribution in [2.24, 2.45) is 0 Å². The maximum atomic E-state index is 13.5. The van der Waals surface area contributed by atoms with E-state index in [1.807, 2.05) is 19.2 Å². The van der Waals surface area contributed by atoms with Gasteiger partial charge in [0.25, 0.3) is 17.2 Å². The molecule has 0 bridgehead atoms. The third-order valence-corrected chi connectivity index (χ3v) is 7.13. The van der Waals surface area contributed by atoms with Gasteiger partial charge in [0.05, 0.1) is 34.4 Å². The maximum absolute atomic E-state index is 13.5. The van der Waals surface area contributed by atoms with Gasteiger partial charge in [-0.15, -0.1) is 22.7 Å². The summed E-state index contributed by atoms with van der Waals surface area (Å²) in [5.41, 5.74) is 3.43. The lowest BCUT2D eigenvalue weighted by Gasteiger charge is -2.17. The second-order valence-corrected chi connectivity index (χ2v) is 10.0. The zero-order chi connectivity index (χ0) is 22.6. The Kier molecular flexibility index (Phi) is 4.90. The number of aryl methyl sites for hydroxylation is 3. The number of pyridine rings is 1. The topological polar surface area (TPSA) is 105 Å². The summed E-state index contributed by atoms with van der Waals surface area (Å²) in [5.74, 6) is 0.191. The van der Waals surface area contributed by atoms with Crippen LogP contribution in [0.2, 0.25) is 0 Å². The van der Waals surface area contributed by atoms with Crippen molar-refractivity contribution in [3.63, 3.8) is 0 Å². The SMILES string of the molecule is Cc1cc(-c2cc(C(=O)N(C)Cc3nc4ccsc4c(=O)[nH]3)c3c(C)noc3n2)c(C)s1. The largest absolute Gasteiger partial charge is 0.335 e.